The normalized spacial score (nSPS) is 11.6. The molecule has 0 saturated heterocycles. The van der Waals surface area contributed by atoms with Crippen LogP contribution in [0.3, 0.4) is 0 Å². The lowest BCUT2D eigenvalue weighted by Gasteiger charge is -2.20. The van der Waals surface area contributed by atoms with Crippen molar-refractivity contribution >= 4 is 16.9 Å². The Bertz CT molecular complexity index is 1180. The number of carbonyl (C=O) groups excluding carboxylic acids is 1. The van der Waals surface area contributed by atoms with Crippen LogP contribution >= 0.6 is 0 Å². The molecule has 1 amide bonds. The molecule has 0 atom stereocenters. The van der Waals surface area contributed by atoms with Gasteiger partial charge in [-0.15, -0.1) is 0 Å². The first-order chi connectivity index (χ1) is 15.1. The summed E-state index contributed by atoms with van der Waals surface area (Å²) in [6.07, 6.45) is 0. The molecule has 1 heterocycles. The molecule has 0 aliphatic carbocycles. The van der Waals surface area contributed by atoms with E-state index in [1.165, 1.54) is 5.56 Å². The second-order valence-electron chi connectivity index (χ2n) is 9.20. The van der Waals surface area contributed by atoms with Crippen molar-refractivity contribution in [1.29, 1.82) is 0 Å². The summed E-state index contributed by atoms with van der Waals surface area (Å²) in [5, 5.41) is 0.452. The number of ether oxygens (including phenoxy) is 1. The first kappa shape index (κ1) is 23.6. The molecule has 0 aliphatic rings. The predicted octanol–water partition coefficient (Wildman–Crippen LogP) is 5.62. The number of rotatable bonds is 6. The van der Waals surface area contributed by atoms with E-state index < -0.39 is 0 Å². The number of likely N-dealkylation sites (N-methyl/N-ethyl adjacent to an activating group) is 1. The van der Waals surface area contributed by atoms with Crippen LogP contribution in [0.25, 0.3) is 22.3 Å². The van der Waals surface area contributed by atoms with E-state index >= 15 is 0 Å². The SMILES string of the molecule is CCN(CC)C(=O)COc1c(-c2ccc(C(C)(C)C)cc2)oc2cc(C)c(C)cc2c1=O. The van der Waals surface area contributed by atoms with Crippen molar-refractivity contribution in [2.24, 2.45) is 0 Å². The van der Waals surface area contributed by atoms with Gasteiger partial charge in [-0.2, -0.15) is 0 Å². The Morgan fingerprint density at radius 1 is 1.00 bits per heavy atom. The van der Waals surface area contributed by atoms with Crippen LogP contribution in [0.2, 0.25) is 0 Å². The Labute approximate surface area is 190 Å². The molecule has 1 aromatic heterocycles. The third-order valence-corrected chi connectivity index (χ3v) is 5.93. The van der Waals surface area contributed by atoms with Gasteiger partial charge in [0.05, 0.1) is 5.39 Å². The summed E-state index contributed by atoms with van der Waals surface area (Å²) < 4.78 is 12.1. The summed E-state index contributed by atoms with van der Waals surface area (Å²) in [5.74, 6) is 0.256. The minimum atomic E-state index is -0.267. The topological polar surface area (TPSA) is 59.8 Å². The highest BCUT2D eigenvalue weighted by molar-refractivity contribution is 5.84. The van der Waals surface area contributed by atoms with Gasteiger partial charge in [0.1, 0.15) is 5.58 Å². The predicted molar refractivity (Wildman–Crippen MR) is 130 cm³/mol. The van der Waals surface area contributed by atoms with E-state index in [1.54, 1.807) is 4.90 Å². The smallest absolute Gasteiger partial charge is 0.260 e. The quantitative estimate of drug-likeness (QED) is 0.504. The van der Waals surface area contributed by atoms with Crippen LogP contribution in [-0.2, 0) is 10.2 Å². The second kappa shape index (κ2) is 9.19. The van der Waals surface area contributed by atoms with Crippen LogP contribution in [0.4, 0.5) is 0 Å². The molecule has 0 saturated carbocycles. The third-order valence-electron chi connectivity index (χ3n) is 5.93. The highest BCUT2D eigenvalue weighted by Gasteiger charge is 2.21. The van der Waals surface area contributed by atoms with E-state index in [1.807, 2.05) is 64.1 Å². The minimum absolute atomic E-state index is 0.00685. The van der Waals surface area contributed by atoms with E-state index in [9.17, 15) is 9.59 Å². The fraction of sp³-hybridized carbons (Fsp3) is 0.407. The standard InChI is InChI=1S/C27H33NO4/c1-8-28(9-2)23(29)16-31-26-24(30)21-14-17(3)18(4)15-22(21)32-25(26)19-10-12-20(13-11-19)27(5,6)7/h10-15H,8-9,16H2,1-7H3. The fourth-order valence-corrected chi connectivity index (χ4v) is 3.68. The monoisotopic (exact) mass is 435 g/mol. The van der Waals surface area contributed by atoms with Crippen molar-refractivity contribution in [1.82, 2.24) is 4.90 Å². The summed E-state index contributed by atoms with van der Waals surface area (Å²) in [6, 6.07) is 11.6. The van der Waals surface area contributed by atoms with Gasteiger partial charge < -0.3 is 14.1 Å². The number of fused-ring (bicyclic) bond motifs is 1. The maximum atomic E-state index is 13.4. The number of amides is 1. The average molecular weight is 436 g/mol. The van der Waals surface area contributed by atoms with Crippen molar-refractivity contribution in [3.63, 3.8) is 0 Å². The molecule has 0 spiro atoms. The maximum absolute atomic E-state index is 13.4. The Kier molecular flexibility index (Phi) is 6.77. The van der Waals surface area contributed by atoms with Crippen molar-refractivity contribution < 1.29 is 13.9 Å². The van der Waals surface area contributed by atoms with Gasteiger partial charge in [-0.1, -0.05) is 45.0 Å². The van der Waals surface area contributed by atoms with Crippen LogP contribution in [0.1, 0.15) is 51.3 Å². The number of hydrogen-bond donors (Lipinski definition) is 0. The molecular weight excluding hydrogens is 402 g/mol. The van der Waals surface area contributed by atoms with Crippen LogP contribution in [0, 0.1) is 13.8 Å². The van der Waals surface area contributed by atoms with Crippen LogP contribution in [-0.4, -0.2) is 30.5 Å². The van der Waals surface area contributed by atoms with Crippen molar-refractivity contribution in [2.45, 2.75) is 53.9 Å². The zero-order valence-corrected chi connectivity index (χ0v) is 20.2. The molecule has 0 aliphatic heterocycles. The highest BCUT2D eigenvalue weighted by Crippen LogP contribution is 2.33. The molecule has 3 aromatic rings. The Morgan fingerprint density at radius 2 is 1.59 bits per heavy atom. The average Bonchev–Trinajstić information content (AvgIpc) is 2.75. The third kappa shape index (κ3) is 4.72. The Hall–Kier alpha value is -3.08. The number of benzene rings is 2. The van der Waals surface area contributed by atoms with Crippen LogP contribution in [0.5, 0.6) is 5.75 Å². The second-order valence-corrected chi connectivity index (χ2v) is 9.20. The molecule has 5 heteroatoms. The molecule has 5 nitrogen and oxygen atoms in total. The lowest BCUT2D eigenvalue weighted by molar-refractivity contribution is -0.132. The summed E-state index contributed by atoms with van der Waals surface area (Å²) in [4.78, 5) is 27.6. The maximum Gasteiger partial charge on any atom is 0.260 e. The molecule has 0 bridgehead atoms. The molecule has 0 N–H and O–H groups in total. The molecule has 170 valence electrons. The zero-order valence-electron chi connectivity index (χ0n) is 20.2. The van der Waals surface area contributed by atoms with E-state index in [4.69, 9.17) is 9.15 Å². The van der Waals surface area contributed by atoms with E-state index in [0.29, 0.717) is 29.8 Å². The summed E-state index contributed by atoms with van der Waals surface area (Å²) in [5.41, 5.74) is 4.20. The van der Waals surface area contributed by atoms with Crippen LogP contribution < -0.4 is 10.2 Å². The lowest BCUT2D eigenvalue weighted by atomic mass is 9.86. The molecule has 0 fully saturated rings. The van der Waals surface area contributed by atoms with Gasteiger partial charge in [0, 0.05) is 18.7 Å². The van der Waals surface area contributed by atoms with Gasteiger partial charge in [-0.05, 0) is 61.9 Å². The lowest BCUT2D eigenvalue weighted by Crippen LogP contribution is -2.35. The van der Waals surface area contributed by atoms with Crippen molar-refractivity contribution in [3.8, 4) is 17.1 Å². The van der Waals surface area contributed by atoms with Gasteiger partial charge in [0.15, 0.2) is 12.4 Å². The van der Waals surface area contributed by atoms with E-state index in [0.717, 1.165) is 16.7 Å². The van der Waals surface area contributed by atoms with Crippen LogP contribution in [0.15, 0.2) is 45.6 Å². The van der Waals surface area contributed by atoms with E-state index in [2.05, 4.69) is 20.8 Å². The molecule has 0 unspecified atom stereocenters. The summed E-state index contributed by atoms with van der Waals surface area (Å²) in [7, 11) is 0. The molecular formula is C27H33NO4. The van der Waals surface area contributed by atoms with Gasteiger partial charge in [0.2, 0.25) is 11.2 Å². The number of hydrogen-bond acceptors (Lipinski definition) is 4. The van der Waals surface area contributed by atoms with Crippen molar-refractivity contribution in [3.05, 3.63) is 63.3 Å². The molecule has 32 heavy (non-hydrogen) atoms. The van der Waals surface area contributed by atoms with Gasteiger partial charge in [-0.3, -0.25) is 9.59 Å². The summed E-state index contributed by atoms with van der Waals surface area (Å²) >= 11 is 0. The minimum Gasteiger partial charge on any atom is -0.476 e. The fourth-order valence-electron chi connectivity index (χ4n) is 3.68. The number of carbonyl (C=O) groups is 1. The number of aryl methyl sites for hydroxylation is 2. The first-order valence-corrected chi connectivity index (χ1v) is 11.2. The first-order valence-electron chi connectivity index (χ1n) is 11.2. The molecule has 0 radical (unpaired) electrons. The molecule has 2 aromatic carbocycles. The largest absolute Gasteiger partial charge is 0.476 e. The van der Waals surface area contributed by atoms with E-state index in [-0.39, 0.29) is 29.1 Å². The Balaban J connectivity index is 2.14. The van der Waals surface area contributed by atoms with Gasteiger partial charge >= 0.3 is 0 Å². The summed E-state index contributed by atoms with van der Waals surface area (Å²) in [6.45, 7) is 15.2. The number of nitrogens with zero attached hydrogens (tertiary/aromatic N) is 1. The zero-order chi connectivity index (χ0) is 23.6. The highest BCUT2D eigenvalue weighted by atomic mass is 16.5. The van der Waals surface area contributed by atoms with Crippen molar-refractivity contribution in [2.75, 3.05) is 19.7 Å². The Morgan fingerprint density at radius 3 is 2.16 bits per heavy atom. The van der Waals surface area contributed by atoms with Gasteiger partial charge in [-0.25, -0.2) is 0 Å². The molecule has 3 rings (SSSR count). The van der Waals surface area contributed by atoms with Gasteiger partial charge in [0.25, 0.3) is 5.91 Å².